The van der Waals surface area contributed by atoms with Gasteiger partial charge in [-0.05, 0) is 56.7 Å². The van der Waals surface area contributed by atoms with Crippen molar-refractivity contribution >= 4 is 11.0 Å². The number of rotatable bonds is 3. The third kappa shape index (κ3) is 2.60. The zero-order valence-electron chi connectivity index (χ0n) is 13.2. The summed E-state index contributed by atoms with van der Waals surface area (Å²) in [7, 11) is 1.78. The van der Waals surface area contributed by atoms with Gasteiger partial charge in [0.1, 0.15) is 11.3 Å². The first kappa shape index (κ1) is 14.6. The molecule has 3 rings (SSSR count). The van der Waals surface area contributed by atoms with Crippen molar-refractivity contribution < 1.29 is 9.15 Å². The zero-order chi connectivity index (χ0) is 15.0. The van der Waals surface area contributed by atoms with E-state index >= 15 is 0 Å². The number of benzene rings is 1. The van der Waals surface area contributed by atoms with E-state index in [-0.39, 0.29) is 11.6 Å². The van der Waals surface area contributed by atoms with Gasteiger partial charge in [0.15, 0.2) is 0 Å². The third-order valence-corrected chi connectivity index (χ3v) is 5.09. The Morgan fingerprint density at radius 3 is 2.67 bits per heavy atom. The average Bonchev–Trinajstić information content (AvgIpc) is 2.90. The molecule has 0 spiro atoms. The molecular weight excluding hydrogens is 262 g/mol. The van der Waals surface area contributed by atoms with Crippen LogP contribution < -0.4 is 5.73 Å². The number of aryl methyl sites for hydroxylation is 1. The summed E-state index contributed by atoms with van der Waals surface area (Å²) >= 11 is 0. The van der Waals surface area contributed by atoms with E-state index in [1.165, 1.54) is 18.4 Å². The number of ether oxygens (including phenoxy) is 1. The molecule has 0 saturated heterocycles. The topological polar surface area (TPSA) is 48.4 Å². The fourth-order valence-corrected chi connectivity index (χ4v) is 3.49. The molecule has 3 heteroatoms. The van der Waals surface area contributed by atoms with Crippen LogP contribution in [0.2, 0.25) is 0 Å². The number of fused-ring (bicyclic) bond motifs is 1. The molecule has 1 fully saturated rings. The SMILES string of the molecule is COC1(C(N)c2cc3cc(C)ccc3o2)CCC(C)CC1. The van der Waals surface area contributed by atoms with Crippen molar-refractivity contribution in [2.24, 2.45) is 11.7 Å². The minimum Gasteiger partial charge on any atom is -0.459 e. The molecule has 1 atom stereocenters. The lowest BCUT2D eigenvalue weighted by molar-refractivity contribution is -0.0709. The Labute approximate surface area is 126 Å². The Morgan fingerprint density at radius 2 is 2.00 bits per heavy atom. The van der Waals surface area contributed by atoms with Crippen molar-refractivity contribution in [3.8, 4) is 0 Å². The fraction of sp³-hybridized carbons (Fsp3) is 0.556. The van der Waals surface area contributed by atoms with Crippen LogP contribution in [0.5, 0.6) is 0 Å². The molecule has 2 aromatic rings. The minimum atomic E-state index is -0.282. The summed E-state index contributed by atoms with van der Waals surface area (Å²) < 4.78 is 11.9. The van der Waals surface area contributed by atoms with Gasteiger partial charge in [-0.3, -0.25) is 0 Å². The van der Waals surface area contributed by atoms with Crippen molar-refractivity contribution in [3.63, 3.8) is 0 Å². The summed E-state index contributed by atoms with van der Waals surface area (Å²) in [6.45, 7) is 4.39. The quantitative estimate of drug-likeness (QED) is 0.913. The van der Waals surface area contributed by atoms with Crippen LogP contribution in [0.4, 0.5) is 0 Å². The highest BCUT2D eigenvalue weighted by molar-refractivity contribution is 5.78. The van der Waals surface area contributed by atoms with Crippen molar-refractivity contribution in [2.45, 2.75) is 51.2 Å². The molecule has 0 aliphatic heterocycles. The highest BCUT2D eigenvalue weighted by Gasteiger charge is 2.42. The number of nitrogens with two attached hydrogens (primary N) is 1. The summed E-state index contributed by atoms with van der Waals surface area (Å²) in [5, 5.41) is 1.12. The molecule has 1 heterocycles. The first-order chi connectivity index (χ1) is 10.0. The van der Waals surface area contributed by atoms with E-state index in [1.54, 1.807) is 7.11 Å². The summed E-state index contributed by atoms with van der Waals surface area (Å²) in [6, 6.07) is 8.09. The standard InChI is InChI=1S/C18H25NO2/c1-12-6-8-18(20-3,9-7-12)17(19)16-11-14-10-13(2)4-5-15(14)21-16/h4-5,10-12,17H,6-9,19H2,1-3H3. The lowest BCUT2D eigenvalue weighted by Crippen LogP contribution is -2.45. The first-order valence-electron chi connectivity index (χ1n) is 7.85. The maximum Gasteiger partial charge on any atom is 0.134 e. The normalized spacial score (nSPS) is 27.9. The van der Waals surface area contributed by atoms with E-state index in [9.17, 15) is 0 Å². The van der Waals surface area contributed by atoms with E-state index in [0.29, 0.717) is 0 Å². The van der Waals surface area contributed by atoms with Gasteiger partial charge >= 0.3 is 0 Å². The summed E-state index contributed by atoms with van der Waals surface area (Å²) in [5.41, 5.74) is 8.40. The minimum absolute atomic E-state index is 0.206. The van der Waals surface area contributed by atoms with Crippen molar-refractivity contribution in [3.05, 3.63) is 35.6 Å². The highest BCUT2D eigenvalue weighted by Crippen LogP contribution is 2.42. The van der Waals surface area contributed by atoms with Gasteiger partial charge in [0, 0.05) is 12.5 Å². The maximum atomic E-state index is 6.54. The molecule has 3 nitrogen and oxygen atoms in total. The van der Waals surface area contributed by atoms with Gasteiger partial charge in [0.25, 0.3) is 0 Å². The van der Waals surface area contributed by atoms with Gasteiger partial charge in [-0.1, -0.05) is 18.6 Å². The molecular formula is C18H25NO2. The second kappa shape index (κ2) is 5.47. The zero-order valence-corrected chi connectivity index (χ0v) is 13.2. The molecule has 1 saturated carbocycles. The maximum absolute atomic E-state index is 6.54. The molecule has 1 aliphatic rings. The Kier molecular flexibility index (Phi) is 3.80. The van der Waals surface area contributed by atoms with Crippen LogP contribution in [0.15, 0.2) is 28.7 Å². The van der Waals surface area contributed by atoms with Gasteiger partial charge in [0.2, 0.25) is 0 Å². The molecule has 21 heavy (non-hydrogen) atoms. The highest BCUT2D eigenvalue weighted by atomic mass is 16.5. The molecule has 1 aliphatic carbocycles. The molecule has 2 N–H and O–H groups in total. The number of hydrogen-bond donors (Lipinski definition) is 1. The largest absolute Gasteiger partial charge is 0.459 e. The third-order valence-electron chi connectivity index (χ3n) is 5.09. The molecule has 0 bridgehead atoms. The Balaban J connectivity index is 1.92. The monoisotopic (exact) mass is 287 g/mol. The lowest BCUT2D eigenvalue weighted by Gasteiger charge is -2.41. The fourth-order valence-electron chi connectivity index (χ4n) is 3.49. The van der Waals surface area contributed by atoms with Crippen LogP contribution in [0, 0.1) is 12.8 Å². The lowest BCUT2D eigenvalue weighted by atomic mass is 9.75. The average molecular weight is 287 g/mol. The van der Waals surface area contributed by atoms with E-state index in [0.717, 1.165) is 35.5 Å². The number of hydrogen-bond acceptors (Lipinski definition) is 3. The van der Waals surface area contributed by atoms with Gasteiger partial charge < -0.3 is 14.9 Å². The smallest absolute Gasteiger partial charge is 0.134 e. The van der Waals surface area contributed by atoms with Crippen LogP contribution >= 0.6 is 0 Å². The van der Waals surface area contributed by atoms with E-state index in [2.05, 4.69) is 32.0 Å². The number of methoxy groups -OCH3 is 1. The van der Waals surface area contributed by atoms with E-state index < -0.39 is 0 Å². The van der Waals surface area contributed by atoms with Gasteiger partial charge in [-0.25, -0.2) is 0 Å². The van der Waals surface area contributed by atoms with Crippen molar-refractivity contribution in [2.75, 3.05) is 7.11 Å². The molecule has 0 amide bonds. The Morgan fingerprint density at radius 1 is 1.29 bits per heavy atom. The summed E-state index contributed by atoms with van der Waals surface area (Å²) in [4.78, 5) is 0. The van der Waals surface area contributed by atoms with Gasteiger partial charge in [-0.2, -0.15) is 0 Å². The van der Waals surface area contributed by atoms with Crippen molar-refractivity contribution in [1.29, 1.82) is 0 Å². The Bertz CT molecular complexity index is 623. The van der Waals surface area contributed by atoms with E-state index in [4.69, 9.17) is 14.9 Å². The molecule has 114 valence electrons. The van der Waals surface area contributed by atoms with Crippen LogP contribution in [0.1, 0.15) is 50.0 Å². The Hall–Kier alpha value is -1.32. The second-order valence-electron chi connectivity index (χ2n) is 6.62. The first-order valence-corrected chi connectivity index (χ1v) is 7.85. The van der Waals surface area contributed by atoms with Crippen LogP contribution in [-0.2, 0) is 4.74 Å². The van der Waals surface area contributed by atoms with Crippen molar-refractivity contribution in [1.82, 2.24) is 0 Å². The van der Waals surface area contributed by atoms with Crippen LogP contribution in [0.25, 0.3) is 11.0 Å². The summed E-state index contributed by atoms with van der Waals surface area (Å²) in [5.74, 6) is 1.60. The summed E-state index contributed by atoms with van der Waals surface area (Å²) in [6.07, 6.45) is 4.34. The number of furan rings is 1. The second-order valence-corrected chi connectivity index (χ2v) is 6.62. The van der Waals surface area contributed by atoms with Gasteiger partial charge in [0.05, 0.1) is 11.6 Å². The van der Waals surface area contributed by atoms with E-state index in [1.807, 2.05) is 6.07 Å². The molecule has 0 radical (unpaired) electrons. The molecule has 1 aromatic carbocycles. The molecule has 1 aromatic heterocycles. The van der Waals surface area contributed by atoms with Crippen LogP contribution in [-0.4, -0.2) is 12.7 Å². The predicted molar refractivity (Wildman–Crippen MR) is 85.3 cm³/mol. The van der Waals surface area contributed by atoms with Gasteiger partial charge in [-0.15, -0.1) is 0 Å². The molecule has 1 unspecified atom stereocenters. The van der Waals surface area contributed by atoms with Crippen LogP contribution in [0.3, 0.4) is 0 Å². The predicted octanol–water partition coefficient (Wildman–Crippen LogP) is 4.34.